The van der Waals surface area contributed by atoms with Crippen molar-refractivity contribution in [2.24, 2.45) is 0 Å². The van der Waals surface area contributed by atoms with E-state index >= 15 is 0 Å². The van der Waals surface area contributed by atoms with Crippen molar-refractivity contribution in [2.75, 3.05) is 0 Å². The number of aldehydes is 1. The summed E-state index contributed by atoms with van der Waals surface area (Å²) in [6.07, 6.45) is 2.46. The molecular formula is C13H11NO. The van der Waals surface area contributed by atoms with Crippen LogP contribution in [0.3, 0.4) is 0 Å². The highest BCUT2D eigenvalue weighted by Crippen LogP contribution is 2.23. The normalized spacial score (nSPS) is 9.93. The molecule has 0 radical (unpaired) electrons. The van der Waals surface area contributed by atoms with Crippen molar-refractivity contribution in [3.8, 4) is 11.1 Å². The maximum Gasteiger partial charge on any atom is 0.168 e. The lowest BCUT2D eigenvalue weighted by molar-refractivity contribution is 0.111. The highest BCUT2D eigenvalue weighted by molar-refractivity contribution is 5.80. The van der Waals surface area contributed by atoms with Crippen LogP contribution in [-0.2, 0) is 0 Å². The van der Waals surface area contributed by atoms with Gasteiger partial charge in [-0.25, -0.2) is 0 Å². The molecule has 0 saturated carbocycles. The molecule has 0 aliphatic heterocycles. The minimum atomic E-state index is 0.511. The summed E-state index contributed by atoms with van der Waals surface area (Å²) in [5.41, 5.74) is 3.61. The van der Waals surface area contributed by atoms with Crippen LogP contribution in [0, 0.1) is 6.92 Å². The van der Waals surface area contributed by atoms with E-state index in [0.29, 0.717) is 5.69 Å². The van der Waals surface area contributed by atoms with Gasteiger partial charge in [0.05, 0.1) is 0 Å². The van der Waals surface area contributed by atoms with E-state index in [1.54, 1.807) is 6.20 Å². The van der Waals surface area contributed by atoms with E-state index < -0.39 is 0 Å². The fraction of sp³-hybridized carbons (Fsp3) is 0.0769. The summed E-state index contributed by atoms with van der Waals surface area (Å²) >= 11 is 0. The molecule has 0 fully saturated rings. The summed E-state index contributed by atoms with van der Waals surface area (Å²) in [4.78, 5) is 14.8. The van der Waals surface area contributed by atoms with Gasteiger partial charge in [0.25, 0.3) is 0 Å². The average molecular weight is 197 g/mol. The first-order valence-corrected chi connectivity index (χ1v) is 4.79. The van der Waals surface area contributed by atoms with Crippen LogP contribution in [0.15, 0.2) is 42.6 Å². The fourth-order valence-electron chi connectivity index (χ4n) is 1.60. The Bertz CT molecular complexity index is 477. The molecule has 0 saturated heterocycles. The highest BCUT2D eigenvalue weighted by atomic mass is 16.1. The van der Waals surface area contributed by atoms with Crippen LogP contribution in [-0.4, -0.2) is 11.3 Å². The van der Waals surface area contributed by atoms with E-state index in [9.17, 15) is 4.79 Å². The van der Waals surface area contributed by atoms with Gasteiger partial charge in [-0.1, -0.05) is 30.3 Å². The van der Waals surface area contributed by atoms with Crippen LogP contribution in [0.5, 0.6) is 0 Å². The van der Waals surface area contributed by atoms with Crippen molar-refractivity contribution in [1.82, 2.24) is 4.98 Å². The van der Waals surface area contributed by atoms with Gasteiger partial charge < -0.3 is 0 Å². The zero-order valence-corrected chi connectivity index (χ0v) is 8.47. The minimum absolute atomic E-state index is 0.511. The van der Waals surface area contributed by atoms with Crippen molar-refractivity contribution in [3.63, 3.8) is 0 Å². The van der Waals surface area contributed by atoms with Gasteiger partial charge in [-0.3, -0.25) is 9.78 Å². The lowest BCUT2D eigenvalue weighted by Crippen LogP contribution is -1.93. The summed E-state index contributed by atoms with van der Waals surface area (Å²) in [5.74, 6) is 0. The Labute approximate surface area is 88.6 Å². The number of benzene rings is 1. The molecule has 2 heteroatoms. The van der Waals surface area contributed by atoms with Gasteiger partial charge in [0, 0.05) is 6.20 Å². The van der Waals surface area contributed by atoms with Gasteiger partial charge in [0.1, 0.15) is 5.69 Å². The van der Waals surface area contributed by atoms with E-state index in [4.69, 9.17) is 0 Å². The van der Waals surface area contributed by atoms with E-state index in [0.717, 1.165) is 23.0 Å². The third kappa shape index (κ3) is 1.79. The number of nitrogens with zero attached hydrogens (tertiary/aromatic N) is 1. The Balaban J connectivity index is 2.59. The first-order chi connectivity index (χ1) is 7.33. The van der Waals surface area contributed by atoms with Gasteiger partial charge in [-0.05, 0) is 29.7 Å². The zero-order valence-electron chi connectivity index (χ0n) is 8.47. The molecule has 0 unspecified atom stereocenters. The predicted molar refractivity (Wildman–Crippen MR) is 59.8 cm³/mol. The molecule has 0 amide bonds. The molecule has 1 aromatic heterocycles. The molecule has 74 valence electrons. The molecule has 0 spiro atoms. The van der Waals surface area contributed by atoms with Gasteiger partial charge in [0.15, 0.2) is 6.29 Å². The molecule has 0 bridgehead atoms. The maximum atomic E-state index is 10.7. The third-order valence-electron chi connectivity index (χ3n) is 2.44. The Hall–Kier alpha value is -1.96. The Kier molecular flexibility index (Phi) is 2.59. The van der Waals surface area contributed by atoms with Gasteiger partial charge in [0.2, 0.25) is 0 Å². The summed E-state index contributed by atoms with van der Waals surface area (Å²) in [7, 11) is 0. The van der Waals surface area contributed by atoms with E-state index in [1.807, 2.05) is 43.3 Å². The Morgan fingerprint density at radius 3 is 2.53 bits per heavy atom. The minimum Gasteiger partial charge on any atom is -0.296 e. The first-order valence-electron chi connectivity index (χ1n) is 4.79. The number of rotatable bonds is 2. The molecule has 0 atom stereocenters. The highest BCUT2D eigenvalue weighted by Gasteiger charge is 2.05. The molecule has 2 rings (SSSR count). The van der Waals surface area contributed by atoms with E-state index in [2.05, 4.69) is 4.98 Å². The largest absolute Gasteiger partial charge is 0.296 e. The second-order valence-electron chi connectivity index (χ2n) is 3.35. The van der Waals surface area contributed by atoms with Crippen LogP contribution in [0.25, 0.3) is 11.1 Å². The van der Waals surface area contributed by atoms with Crippen molar-refractivity contribution >= 4 is 6.29 Å². The molecule has 0 aliphatic rings. The summed E-state index contributed by atoms with van der Waals surface area (Å²) < 4.78 is 0. The first kappa shape index (κ1) is 9.59. The molecule has 2 aromatic rings. The van der Waals surface area contributed by atoms with Crippen molar-refractivity contribution in [3.05, 3.63) is 53.9 Å². The smallest absolute Gasteiger partial charge is 0.168 e. The van der Waals surface area contributed by atoms with E-state index in [1.165, 1.54) is 0 Å². The number of carbonyl (C=O) groups is 1. The molecule has 1 aromatic carbocycles. The molecule has 0 N–H and O–H groups in total. The average Bonchev–Trinajstić information content (AvgIpc) is 2.30. The number of hydrogen-bond acceptors (Lipinski definition) is 2. The second-order valence-corrected chi connectivity index (χ2v) is 3.35. The Morgan fingerprint density at radius 2 is 1.87 bits per heavy atom. The topological polar surface area (TPSA) is 30.0 Å². The zero-order chi connectivity index (χ0) is 10.7. The number of carbonyl (C=O) groups excluding carboxylic acids is 1. The van der Waals surface area contributed by atoms with Crippen LogP contribution in [0.2, 0.25) is 0 Å². The van der Waals surface area contributed by atoms with Gasteiger partial charge in [-0.15, -0.1) is 0 Å². The quantitative estimate of drug-likeness (QED) is 0.693. The van der Waals surface area contributed by atoms with Crippen molar-refractivity contribution < 1.29 is 4.79 Å². The SMILES string of the molecule is Cc1c(-c2ccccc2)ccnc1C=O. The lowest BCUT2D eigenvalue weighted by atomic mass is 10.0. The van der Waals surface area contributed by atoms with Crippen LogP contribution < -0.4 is 0 Å². The van der Waals surface area contributed by atoms with Crippen molar-refractivity contribution in [1.29, 1.82) is 0 Å². The van der Waals surface area contributed by atoms with Gasteiger partial charge in [-0.2, -0.15) is 0 Å². The van der Waals surface area contributed by atoms with Crippen LogP contribution >= 0.6 is 0 Å². The third-order valence-corrected chi connectivity index (χ3v) is 2.44. The summed E-state index contributed by atoms with van der Waals surface area (Å²) in [6.45, 7) is 1.92. The molecular weight excluding hydrogens is 186 g/mol. The van der Waals surface area contributed by atoms with Crippen LogP contribution in [0.4, 0.5) is 0 Å². The fourth-order valence-corrected chi connectivity index (χ4v) is 1.60. The summed E-state index contributed by atoms with van der Waals surface area (Å²) in [5, 5.41) is 0. The number of pyridine rings is 1. The molecule has 1 heterocycles. The molecule has 15 heavy (non-hydrogen) atoms. The van der Waals surface area contributed by atoms with E-state index in [-0.39, 0.29) is 0 Å². The maximum absolute atomic E-state index is 10.7. The lowest BCUT2D eigenvalue weighted by Gasteiger charge is -2.06. The standard InChI is InChI=1S/C13H11NO/c1-10-12(7-8-14-13(10)9-15)11-5-3-2-4-6-11/h2-9H,1H3. The number of aromatic nitrogens is 1. The van der Waals surface area contributed by atoms with Gasteiger partial charge >= 0.3 is 0 Å². The molecule has 0 aliphatic carbocycles. The molecule has 2 nitrogen and oxygen atoms in total. The number of hydrogen-bond donors (Lipinski definition) is 0. The van der Waals surface area contributed by atoms with Crippen LogP contribution in [0.1, 0.15) is 16.1 Å². The Morgan fingerprint density at radius 1 is 1.13 bits per heavy atom. The van der Waals surface area contributed by atoms with Crippen molar-refractivity contribution in [2.45, 2.75) is 6.92 Å². The second kappa shape index (κ2) is 4.05. The monoisotopic (exact) mass is 197 g/mol. The predicted octanol–water partition coefficient (Wildman–Crippen LogP) is 2.87. The summed E-state index contributed by atoms with van der Waals surface area (Å²) in [6, 6.07) is 11.9.